The molecule has 0 fully saturated rings. The summed E-state index contributed by atoms with van der Waals surface area (Å²) in [7, 11) is 0. The third kappa shape index (κ3) is 6.12. The van der Waals surface area contributed by atoms with Gasteiger partial charge in [-0.2, -0.15) is 13.2 Å². The van der Waals surface area contributed by atoms with E-state index < -0.39 is 64.7 Å². The van der Waals surface area contributed by atoms with E-state index in [0.29, 0.717) is 17.3 Å². The van der Waals surface area contributed by atoms with Crippen LogP contribution in [0.4, 0.5) is 30.7 Å². The SMILES string of the molecule is Cc1cc2cc(C(=O)NCC(O)(c3cc4c(c(-c5ccc(F)cc5)n3)OC[C@]4(C)C(N)=O)C(F)(F)F)cc(OC(F)(F)F)c2nc1C. The van der Waals surface area contributed by atoms with Crippen LogP contribution >= 0.6 is 0 Å². The van der Waals surface area contributed by atoms with Crippen LogP contribution in [0.2, 0.25) is 0 Å². The molecule has 2 aromatic heterocycles. The average molecular weight is 667 g/mol. The Morgan fingerprint density at radius 3 is 2.30 bits per heavy atom. The predicted molar refractivity (Wildman–Crippen MR) is 152 cm³/mol. The molecule has 2 aromatic carbocycles. The number of amides is 2. The Morgan fingerprint density at radius 1 is 1.04 bits per heavy atom. The number of hydrogen-bond donors (Lipinski definition) is 3. The number of aliphatic hydroxyl groups is 1. The number of carbonyl (C=O) groups is 2. The number of aryl methyl sites for hydroxylation is 2. The molecule has 5 rings (SSSR count). The summed E-state index contributed by atoms with van der Waals surface area (Å²) in [5, 5.41) is 13.2. The number of alkyl halides is 6. The number of primary amides is 1. The van der Waals surface area contributed by atoms with E-state index in [1.807, 2.05) is 5.32 Å². The number of carbonyl (C=O) groups excluding carboxylic acids is 2. The number of benzene rings is 2. The highest BCUT2D eigenvalue weighted by molar-refractivity contribution is 6.00. The maximum absolute atomic E-state index is 14.7. The van der Waals surface area contributed by atoms with E-state index in [1.165, 1.54) is 32.0 Å². The Bertz CT molecular complexity index is 1910. The highest BCUT2D eigenvalue weighted by Gasteiger charge is 2.57. The molecule has 2 amide bonds. The van der Waals surface area contributed by atoms with Gasteiger partial charge < -0.3 is 25.6 Å². The predicted octanol–water partition coefficient (Wildman–Crippen LogP) is 5.27. The summed E-state index contributed by atoms with van der Waals surface area (Å²) in [5.41, 5.74) is -1.33. The molecule has 2 atom stereocenters. The van der Waals surface area contributed by atoms with Gasteiger partial charge in [0.05, 0.1) is 12.2 Å². The number of nitrogens with zero attached hydrogens (tertiary/aromatic N) is 2. The second-order valence-electron chi connectivity index (χ2n) is 11.3. The van der Waals surface area contributed by atoms with Gasteiger partial charge in [-0.1, -0.05) is 0 Å². The number of halogens is 7. The summed E-state index contributed by atoms with van der Waals surface area (Å²) in [6, 6.07) is 8.37. The molecule has 0 bridgehead atoms. The lowest BCUT2D eigenvalue weighted by molar-refractivity contribution is -0.274. The molecule has 0 saturated heterocycles. The third-order valence-corrected chi connectivity index (χ3v) is 7.95. The van der Waals surface area contributed by atoms with Gasteiger partial charge in [0.1, 0.15) is 34.8 Å². The summed E-state index contributed by atoms with van der Waals surface area (Å²) >= 11 is 0. The Labute approximate surface area is 261 Å². The molecule has 248 valence electrons. The van der Waals surface area contributed by atoms with Crippen molar-refractivity contribution in [2.24, 2.45) is 5.73 Å². The zero-order valence-electron chi connectivity index (χ0n) is 24.7. The molecule has 4 aromatic rings. The summed E-state index contributed by atoms with van der Waals surface area (Å²) in [6.45, 7) is 2.51. The smallest absolute Gasteiger partial charge is 0.489 e. The van der Waals surface area contributed by atoms with Crippen molar-refractivity contribution in [3.63, 3.8) is 0 Å². The first-order chi connectivity index (χ1) is 21.7. The Morgan fingerprint density at radius 2 is 1.70 bits per heavy atom. The van der Waals surface area contributed by atoms with Crippen molar-refractivity contribution in [2.75, 3.05) is 13.2 Å². The minimum atomic E-state index is -5.52. The largest absolute Gasteiger partial charge is 0.573 e. The summed E-state index contributed by atoms with van der Waals surface area (Å²) in [6.07, 6.45) is -10.7. The quantitative estimate of drug-likeness (QED) is 0.229. The normalized spacial score (nSPS) is 17.5. The molecule has 16 heteroatoms. The van der Waals surface area contributed by atoms with Gasteiger partial charge >= 0.3 is 12.5 Å². The number of pyridine rings is 2. The minimum absolute atomic E-state index is 0.0287. The number of rotatable bonds is 7. The van der Waals surface area contributed by atoms with Crippen LogP contribution in [0.15, 0.2) is 48.5 Å². The van der Waals surface area contributed by atoms with E-state index in [2.05, 4.69) is 14.7 Å². The topological polar surface area (TPSA) is 137 Å². The lowest BCUT2D eigenvalue weighted by Crippen LogP contribution is -2.51. The number of aromatic nitrogens is 2. The van der Waals surface area contributed by atoms with Crippen LogP contribution in [0.25, 0.3) is 22.2 Å². The van der Waals surface area contributed by atoms with E-state index in [4.69, 9.17) is 10.5 Å². The number of ether oxygens (including phenoxy) is 2. The number of hydrogen-bond acceptors (Lipinski definition) is 7. The standard InChI is InChI=1S/C31H25F7N4O5/c1-14-8-17-9-18(10-21(47-31(36,37)38)23(17)41-15(14)2)26(43)40-12-29(45,30(33,34)35)22-11-20-25(46-13-28(20,3)27(39)44)24(42-22)16-4-6-19(32)7-5-16/h4-11,45H,12-13H2,1-3H3,(H2,39,44)(H,40,43)/t28-,29?/m0/s1. The molecule has 1 unspecified atom stereocenters. The molecular weight excluding hydrogens is 641 g/mol. The van der Waals surface area contributed by atoms with Crippen molar-refractivity contribution in [3.05, 3.63) is 82.4 Å². The fraction of sp³-hybridized carbons (Fsp3) is 0.290. The zero-order chi connectivity index (χ0) is 34.7. The fourth-order valence-electron chi connectivity index (χ4n) is 5.04. The van der Waals surface area contributed by atoms with Crippen LogP contribution < -0.4 is 20.5 Å². The second kappa shape index (κ2) is 11.4. The maximum Gasteiger partial charge on any atom is 0.573 e. The molecular formula is C31H25F7N4O5. The van der Waals surface area contributed by atoms with Crippen molar-refractivity contribution in [2.45, 2.75) is 44.3 Å². The summed E-state index contributed by atoms with van der Waals surface area (Å²) in [5.74, 6) is -3.93. The van der Waals surface area contributed by atoms with Crippen LogP contribution in [0.5, 0.6) is 11.5 Å². The molecule has 3 heterocycles. The van der Waals surface area contributed by atoms with E-state index in [9.17, 15) is 45.4 Å². The first-order valence-electron chi connectivity index (χ1n) is 13.7. The van der Waals surface area contributed by atoms with Gasteiger partial charge in [-0.25, -0.2) is 14.4 Å². The number of fused-ring (bicyclic) bond motifs is 2. The fourth-order valence-corrected chi connectivity index (χ4v) is 5.04. The maximum atomic E-state index is 14.7. The van der Waals surface area contributed by atoms with Gasteiger partial charge in [-0.05, 0) is 74.9 Å². The van der Waals surface area contributed by atoms with Crippen LogP contribution in [-0.2, 0) is 15.8 Å². The van der Waals surface area contributed by atoms with Crippen molar-refractivity contribution < 1.29 is 54.9 Å². The molecule has 0 radical (unpaired) electrons. The number of nitrogens with one attached hydrogen (secondary N) is 1. The van der Waals surface area contributed by atoms with Crippen molar-refractivity contribution in [1.29, 1.82) is 0 Å². The van der Waals surface area contributed by atoms with Gasteiger partial charge in [0.25, 0.3) is 5.91 Å². The molecule has 0 spiro atoms. The molecule has 0 saturated carbocycles. The van der Waals surface area contributed by atoms with Gasteiger partial charge in [0, 0.05) is 27.8 Å². The molecule has 1 aliphatic rings. The van der Waals surface area contributed by atoms with Crippen LogP contribution in [0.1, 0.15) is 39.8 Å². The van der Waals surface area contributed by atoms with E-state index in [-0.39, 0.29) is 40.1 Å². The lowest BCUT2D eigenvalue weighted by atomic mass is 9.81. The lowest BCUT2D eigenvalue weighted by Gasteiger charge is -2.31. The highest BCUT2D eigenvalue weighted by Crippen LogP contribution is 2.47. The van der Waals surface area contributed by atoms with Crippen LogP contribution in [-0.4, -0.2) is 52.6 Å². The molecule has 9 nitrogen and oxygen atoms in total. The van der Waals surface area contributed by atoms with E-state index in [0.717, 1.165) is 24.3 Å². The van der Waals surface area contributed by atoms with Crippen LogP contribution in [0, 0.1) is 19.7 Å². The minimum Gasteiger partial charge on any atom is -0.489 e. The molecule has 47 heavy (non-hydrogen) atoms. The highest BCUT2D eigenvalue weighted by atomic mass is 19.4. The zero-order valence-corrected chi connectivity index (χ0v) is 24.7. The molecule has 1 aliphatic heterocycles. The molecule has 0 aliphatic carbocycles. The Hall–Kier alpha value is -4.99. The second-order valence-corrected chi connectivity index (χ2v) is 11.3. The van der Waals surface area contributed by atoms with Crippen molar-refractivity contribution in [1.82, 2.24) is 15.3 Å². The van der Waals surface area contributed by atoms with Crippen molar-refractivity contribution >= 4 is 22.7 Å². The van der Waals surface area contributed by atoms with Crippen molar-refractivity contribution in [3.8, 4) is 22.8 Å². The first-order valence-corrected chi connectivity index (χ1v) is 13.7. The van der Waals surface area contributed by atoms with Gasteiger partial charge in [-0.3, -0.25) is 9.59 Å². The van der Waals surface area contributed by atoms with Gasteiger partial charge in [-0.15, -0.1) is 13.2 Å². The van der Waals surface area contributed by atoms with Crippen LogP contribution in [0.3, 0.4) is 0 Å². The first kappa shape index (κ1) is 33.4. The molecule has 4 N–H and O–H groups in total. The summed E-state index contributed by atoms with van der Waals surface area (Å²) < 4.78 is 107. The van der Waals surface area contributed by atoms with E-state index in [1.54, 1.807) is 6.92 Å². The Kier molecular flexibility index (Phi) is 8.07. The third-order valence-electron chi connectivity index (χ3n) is 7.95. The summed E-state index contributed by atoms with van der Waals surface area (Å²) in [4.78, 5) is 33.7. The van der Waals surface area contributed by atoms with Gasteiger partial charge in [0.15, 0.2) is 5.75 Å². The number of nitrogens with two attached hydrogens (primary N) is 1. The van der Waals surface area contributed by atoms with Gasteiger partial charge in [0.2, 0.25) is 11.5 Å². The monoisotopic (exact) mass is 666 g/mol. The van der Waals surface area contributed by atoms with E-state index >= 15 is 0 Å². The Balaban J connectivity index is 1.59. The average Bonchev–Trinajstić information content (AvgIpc) is 3.33.